The Balaban J connectivity index is 2.95. The molecular weight excluding hydrogens is 256 g/mol. The summed E-state index contributed by atoms with van der Waals surface area (Å²) >= 11 is 0. The molecule has 0 unspecified atom stereocenters. The zero-order valence-corrected chi connectivity index (χ0v) is 14.8. The second-order valence-electron chi connectivity index (χ2n) is 7.37. The lowest BCUT2D eigenvalue weighted by Gasteiger charge is -2.48. The second-order valence-corrected chi connectivity index (χ2v) is 17.5. The van der Waals surface area contributed by atoms with Crippen molar-refractivity contribution < 1.29 is 9.84 Å². The van der Waals surface area contributed by atoms with Crippen LogP contribution in [0.4, 0.5) is 0 Å². The SMILES string of the molecule is C[Si](C)(C)C#CC[C@]1([Si](C)(C)C)OCCC[C@H]1O. The summed E-state index contributed by atoms with van der Waals surface area (Å²) in [5.41, 5.74) is 3.41. The average molecular weight is 285 g/mol. The Kier molecular flexibility index (Phi) is 4.88. The normalized spacial score (nSPS) is 29.6. The molecule has 2 nitrogen and oxygen atoms in total. The molecule has 1 aliphatic rings. The van der Waals surface area contributed by atoms with E-state index in [4.69, 9.17) is 4.74 Å². The molecule has 1 fully saturated rings. The average Bonchev–Trinajstić information content (AvgIpc) is 2.17. The molecule has 0 spiro atoms. The van der Waals surface area contributed by atoms with Gasteiger partial charge in [-0.1, -0.05) is 39.3 Å². The van der Waals surface area contributed by atoms with Crippen LogP contribution in [0.15, 0.2) is 0 Å². The number of rotatable bonds is 2. The number of ether oxygens (including phenoxy) is 1. The van der Waals surface area contributed by atoms with Gasteiger partial charge in [0, 0.05) is 13.0 Å². The second kappa shape index (κ2) is 5.50. The van der Waals surface area contributed by atoms with Crippen molar-refractivity contribution in [3.05, 3.63) is 0 Å². The summed E-state index contributed by atoms with van der Waals surface area (Å²) in [7, 11) is -2.96. The summed E-state index contributed by atoms with van der Waals surface area (Å²) in [4.78, 5) is 0. The minimum absolute atomic E-state index is 0.339. The highest BCUT2D eigenvalue weighted by atomic mass is 28.3. The van der Waals surface area contributed by atoms with Gasteiger partial charge in [0.05, 0.1) is 19.4 Å². The standard InChI is InChI=1S/C14H28O2Si2/c1-17(2,3)12-8-10-14(18(4,5)6)13(15)9-7-11-16-14/h13,15H,7,9-11H2,1-6H3/t13-,14-/m1/s1. The van der Waals surface area contributed by atoms with E-state index < -0.39 is 16.1 Å². The first-order chi connectivity index (χ1) is 8.08. The number of aliphatic hydroxyl groups is 1. The minimum Gasteiger partial charge on any atom is -0.390 e. The molecule has 0 aliphatic carbocycles. The molecule has 0 aromatic heterocycles. The Morgan fingerprint density at radius 1 is 1.22 bits per heavy atom. The van der Waals surface area contributed by atoms with E-state index in [9.17, 15) is 5.11 Å². The fourth-order valence-electron chi connectivity index (χ4n) is 2.45. The third kappa shape index (κ3) is 3.70. The molecule has 0 aromatic rings. The molecule has 1 aliphatic heterocycles. The maximum absolute atomic E-state index is 10.4. The molecule has 0 saturated carbocycles. The highest BCUT2D eigenvalue weighted by molar-refractivity contribution is 6.84. The Bertz CT molecular complexity index is 344. The third-order valence-electron chi connectivity index (χ3n) is 3.60. The maximum Gasteiger partial charge on any atom is 0.129 e. The lowest BCUT2D eigenvalue weighted by Crippen LogP contribution is -2.63. The van der Waals surface area contributed by atoms with Crippen molar-refractivity contribution in [2.75, 3.05) is 6.61 Å². The van der Waals surface area contributed by atoms with E-state index in [1.54, 1.807) is 0 Å². The van der Waals surface area contributed by atoms with Crippen LogP contribution in [0.25, 0.3) is 0 Å². The zero-order chi connectivity index (χ0) is 14.0. The zero-order valence-electron chi connectivity index (χ0n) is 12.8. The molecule has 1 N–H and O–H groups in total. The highest BCUT2D eigenvalue weighted by Gasteiger charge is 2.50. The van der Waals surface area contributed by atoms with Crippen molar-refractivity contribution >= 4 is 16.1 Å². The van der Waals surface area contributed by atoms with Gasteiger partial charge in [-0.25, -0.2) is 0 Å². The first kappa shape index (κ1) is 16.0. The van der Waals surface area contributed by atoms with Gasteiger partial charge >= 0.3 is 0 Å². The number of hydrogen-bond donors (Lipinski definition) is 1. The van der Waals surface area contributed by atoms with Crippen LogP contribution in [0.2, 0.25) is 39.3 Å². The molecule has 1 rings (SSSR count). The summed E-state index contributed by atoms with van der Waals surface area (Å²) in [5.74, 6) is 3.33. The molecule has 104 valence electrons. The van der Waals surface area contributed by atoms with Crippen LogP contribution < -0.4 is 0 Å². The van der Waals surface area contributed by atoms with E-state index >= 15 is 0 Å². The van der Waals surface area contributed by atoms with Crippen molar-refractivity contribution in [3.8, 4) is 11.5 Å². The van der Waals surface area contributed by atoms with Crippen LogP contribution >= 0.6 is 0 Å². The fraction of sp³-hybridized carbons (Fsp3) is 0.857. The van der Waals surface area contributed by atoms with E-state index in [2.05, 4.69) is 50.7 Å². The summed E-state index contributed by atoms with van der Waals surface area (Å²) in [5, 5.41) is 10.1. The molecule has 0 amide bonds. The molecular formula is C14H28O2Si2. The fourth-order valence-corrected chi connectivity index (χ4v) is 5.37. The van der Waals surface area contributed by atoms with Crippen LogP contribution in [-0.2, 0) is 4.74 Å². The molecule has 18 heavy (non-hydrogen) atoms. The van der Waals surface area contributed by atoms with Crippen LogP contribution in [0.5, 0.6) is 0 Å². The van der Waals surface area contributed by atoms with E-state index in [1.165, 1.54) is 0 Å². The molecule has 4 heteroatoms. The Morgan fingerprint density at radius 3 is 2.28 bits per heavy atom. The summed E-state index contributed by atoms with van der Waals surface area (Å²) in [6.07, 6.45) is 2.19. The summed E-state index contributed by atoms with van der Waals surface area (Å²) < 4.78 is 6.08. The molecule has 0 aromatic carbocycles. The molecule has 0 radical (unpaired) electrons. The van der Waals surface area contributed by atoms with Crippen molar-refractivity contribution in [1.29, 1.82) is 0 Å². The first-order valence-corrected chi connectivity index (χ1v) is 13.9. The molecule has 1 heterocycles. The van der Waals surface area contributed by atoms with Crippen molar-refractivity contribution in [3.63, 3.8) is 0 Å². The topological polar surface area (TPSA) is 29.5 Å². The van der Waals surface area contributed by atoms with Gasteiger partial charge in [0.25, 0.3) is 0 Å². The van der Waals surface area contributed by atoms with E-state index in [0.717, 1.165) is 19.4 Å². The summed E-state index contributed by atoms with van der Waals surface area (Å²) in [6.45, 7) is 14.3. The smallest absolute Gasteiger partial charge is 0.129 e. The third-order valence-corrected chi connectivity index (χ3v) is 7.72. The minimum atomic E-state index is -1.63. The number of aliphatic hydroxyl groups excluding tert-OH is 1. The van der Waals surface area contributed by atoms with Gasteiger partial charge in [-0.05, 0) is 12.8 Å². The van der Waals surface area contributed by atoms with Crippen LogP contribution in [0, 0.1) is 11.5 Å². The number of hydrogen-bond acceptors (Lipinski definition) is 2. The monoisotopic (exact) mass is 284 g/mol. The van der Waals surface area contributed by atoms with Crippen LogP contribution in [0.1, 0.15) is 19.3 Å². The van der Waals surface area contributed by atoms with E-state index in [1.807, 2.05) is 0 Å². The van der Waals surface area contributed by atoms with Gasteiger partial charge in [0.15, 0.2) is 0 Å². The molecule has 2 atom stereocenters. The van der Waals surface area contributed by atoms with Gasteiger partial charge in [0.1, 0.15) is 8.07 Å². The van der Waals surface area contributed by atoms with Crippen LogP contribution in [0.3, 0.4) is 0 Å². The maximum atomic E-state index is 10.4. The van der Waals surface area contributed by atoms with Crippen LogP contribution in [-0.4, -0.2) is 39.2 Å². The van der Waals surface area contributed by atoms with Crippen molar-refractivity contribution in [2.45, 2.75) is 69.9 Å². The highest BCUT2D eigenvalue weighted by Crippen LogP contribution is 2.37. The van der Waals surface area contributed by atoms with E-state index in [0.29, 0.717) is 6.42 Å². The summed E-state index contributed by atoms with van der Waals surface area (Å²) in [6, 6.07) is 0. The first-order valence-electron chi connectivity index (χ1n) is 6.91. The quantitative estimate of drug-likeness (QED) is 0.624. The predicted octanol–water partition coefficient (Wildman–Crippen LogP) is 3.04. The largest absolute Gasteiger partial charge is 0.390 e. The Morgan fingerprint density at radius 2 is 1.83 bits per heavy atom. The predicted molar refractivity (Wildman–Crippen MR) is 83.0 cm³/mol. The molecule has 1 saturated heterocycles. The molecule has 0 bridgehead atoms. The van der Waals surface area contributed by atoms with Gasteiger partial charge in [-0.3, -0.25) is 0 Å². The van der Waals surface area contributed by atoms with Gasteiger partial charge in [-0.15, -0.1) is 11.5 Å². The lowest BCUT2D eigenvalue weighted by atomic mass is 10.0. The van der Waals surface area contributed by atoms with Gasteiger partial charge in [-0.2, -0.15) is 0 Å². The van der Waals surface area contributed by atoms with Gasteiger partial charge < -0.3 is 9.84 Å². The Labute approximate surface area is 114 Å². The van der Waals surface area contributed by atoms with Gasteiger partial charge in [0.2, 0.25) is 0 Å². The Hall–Kier alpha value is -0.0862. The van der Waals surface area contributed by atoms with E-state index in [-0.39, 0.29) is 11.3 Å². The van der Waals surface area contributed by atoms with Crippen molar-refractivity contribution in [2.24, 2.45) is 0 Å². The lowest BCUT2D eigenvalue weighted by molar-refractivity contribution is -0.106. The van der Waals surface area contributed by atoms with Crippen molar-refractivity contribution in [1.82, 2.24) is 0 Å².